The van der Waals surface area contributed by atoms with Gasteiger partial charge in [-0.25, -0.2) is 0 Å². The van der Waals surface area contributed by atoms with E-state index in [0.29, 0.717) is 33.0 Å². The highest BCUT2D eigenvalue weighted by Crippen LogP contribution is 2.65. The molecule has 4 aliphatic rings. The van der Waals surface area contributed by atoms with Gasteiger partial charge in [0.25, 0.3) is 11.8 Å². The monoisotopic (exact) mass is 771 g/mol. The molecule has 2 aliphatic carbocycles. The third-order valence-corrected chi connectivity index (χ3v) is 12.6. The van der Waals surface area contributed by atoms with Gasteiger partial charge in [-0.05, 0) is 77.1 Å². The third-order valence-electron chi connectivity index (χ3n) is 12.1. The molecule has 9 rings (SSSR count). The Morgan fingerprint density at radius 3 is 2.33 bits per heavy atom. The van der Waals surface area contributed by atoms with Gasteiger partial charge >= 0.3 is 0 Å². The average molecular weight is 773 g/mol. The smallest absolute Gasteiger partial charge is 0.260 e. The van der Waals surface area contributed by atoms with Gasteiger partial charge in [0, 0.05) is 16.5 Å². The van der Waals surface area contributed by atoms with E-state index in [1.807, 2.05) is 66.7 Å². The number of aromatic hydroxyl groups is 1. The summed E-state index contributed by atoms with van der Waals surface area (Å²) < 4.78 is 5.51. The van der Waals surface area contributed by atoms with Gasteiger partial charge in [-0.3, -0.25) is 29.5 Å². The van der Waals surface area contributed by atoms with Gasteiger partial charge in [0.05, 0.1) is 47.5 Å². The number of likely N-dealkylation sites (tertiary alicyclic amines) is 1. The van der Waals surface area contributed by atoms with Crippen LogP contribution in [-0.2, 0) is 31.1 Å². The summed E-state index contributed by atoms with van der Waals surface area (Å²) in [6.07, 6.45) is 2.36. The molecular formula is C44H35Cl2N3O6. The number of amides is 4. The maximum atomic E-state index is 15.6. The molecular weight excluding hydrogens is 737 g/mol. The molecule has 5 aromatic carbocycles. The van der Waals surface area contributed by atoms with Crippen LogP contribution in [0.1, 0.15) is 35.4 Å². The normalized spacial score (nSPS) is 25.8. The zero-order valence-electron chi connectivity index (χ0n) is 29.6. The number of hydrogen-bond donors (Lipinski definition) is 2. The second-order valence-corrected chi connectivity index (χ2v) is 15.5. The number of imide groups is 2. The molecule has 2 saturated heterocycles. The lowest BCUT2D eigenvalue weighted by Gasteiger charge is -2.51. The minimum Gasteiger partial charge on any atom is -0.508 e. The van der Waals surface area contributed by atoms with Crippen LogP contribution in [0.3, 0.4) is 0 Å². The maximum absolute atomic E-state index is 15.6. The van der Waals surface area contributed by atoms with E-state index in [4.69, 9.17) is 27.9 Å². The molecule has 4 amide bonds. The summed E-state index contributed by atoms with van der Waals surface area (Å²) in [7, 11) is 1.55. The van der Waals surface area contributed by atoms with Crippen LogP contribution in [0, 0.1) is 23.7 Å². The Bertz CT molecular complexity index is 2450. The summed E-state index contributed by atoms with van der Waals surface area (Å²) in [5.74, 6) is -5.04. The quantitative estimate of drug-likeness (QED) is 0.127. The fourth-order valence-electron chi connectivity index (χ4n) is 9.73. The summed E-state index contributed by atoms with van der Waals surface area (Å²) in [5.41, 5.74) is 4.30. The van der Waals surface area contributed by atoms with Crippen molar-refractivity contribution >= 4 is 63.3 Å². The van der Waals surface area contributed by atoms with Gasteiger partial charge < -0.3 is 9.84 Å². The van der Waals surface area contributed by atoms with Crippen LogP contribution in [0.15, 0.2) is 121 Å². The SMILES string of the molecule is COc1ccc([C@@]23C(=O)N(Nc4ccc(Cl)cc4Cl)C(=O)[C@@H]2C[C@@H]2C(=CC[C@@H]4C(=O)N(Cc5ccccc5)C(=O)[C@@H]42)[C@@H]3c2c(O)ccc3ccccc23)cc1. The van der Waals surface area contributed by atoms with Crippen molar-refractivity contribution in [1.29, 1.82) is 0 Å². The van der Waals surface area contributed by atoms with Crippen LogP contribution < -0.4 is 10.2 Å². The van der Waals surface area contributed by atoms with Crippen LogP contribution in [0.4, 0.5) is 5.69 Å². The predicted molar refractivity (Wildman–Crippen MR) is 208 cm³/mol. The number of hydrogen-bond acceptors (Lipinski definition) is 7. The molecule has 2 N–H and O–H groups in total. The van der Waals surface area contributed by atoms with Gasteiger partial charge in [0.15, 0.2) is 0 Å². The number of nitrogens with one attached hydrogen (secondary N) is 1. The predicted octanol–water partition coefficient (Wildman–Crippen LogP) is 8.05. The minimum absolute atomic E-state index is 0.0501. The van der Waals surface area contributed by atoms with Crippen LogP contribution in [0.2, 0.25) is 10.0 Å². The number of fused-ring (bicyclic) bond motifs is 5. The average Bonchev–Trinajstić information content (AvgIpc) is 3.56. The lowest BCUT2D eigenvalue weighted by molar-refractivity contribution is -0.142. The molecule has 6 atom stereocenters. The fraction of sp³-hybridized carbons (Fsp3) is 0.227. The molecule has 0 aromatic heterocycles. The van der Waals surface area contributed by atoms with Crippen LogP contribution in [0.25, 0.3) is 10.8 Å². The molecule has 0 bridgehead atoms. The number of carbonyl (C=O) groups excluding carboxylic acids is 4. The molecule has 55 heavy (non-hydrogen) atoms. The van der Waals surface area contributed by atoms with E-state index >= 15 is 9.59 Å². The summed E-state index contributed by atoms with van der Waals surface area (Å²) in [6.45, 7) is 0.136. The van der Waals surface area contributed by atoms with Crippen molar-refractivity contribution in [1.82, 2.24) is 9.91 Å². The zero-order valence-corrected chi connectivity index (χ0v) is 31.1. The first kappa shape index (κ1) is 35.1. The van der Waals surface area contributed by atoms with Crippen molar-refractivity contribution in [2.75, 3.05) is 12.5 Å². The first-order valence-corrected chi connectivity index (χ1v) is 18.9. The molecule has 3 fully saturated rings. The number of anilines is 1. The number of phenolic OH excluding ortho intramolecular Hbond substituents is 1. The Morgan fingerprint density at radius 2 is 1.58 bits per heavy atom. The van der Waals surface area contributed by atoms with Crippen molar-refractivity contribution in [3.05, 3.63) is 148 Å². The Hall–Kier alpha value is -5.64. The number of benzene rings is 5. The van der Waals surface area contributed by atoms with E-state index < -0.39 is 46.8 Å². The van der Waals surface area contributed by atoms with Crippen LogP contribution in [-0.4, -0.2) is 45.8 Å². The van der Waals surface area contributed by atoms with E-state index in [0.717, 1.165) is 21.5 Å². The number of halogens is 2. The van der Waals surface area contributed by atoms with Crippen LogP contribution in [0.5, 0.6) is 11.5 Å². The summed E-state index contributed by atoms with van der Waals surface area (Å²) >= 11 is 12.8. The fourth-order valence-corrected chi connectivity index (χ4v) is 10.2. The molecule has 2 aliphatic heterocycles. The Labute approximate surface area is 327 Å². The topological polar surface area (TPSA) is 116 Å². The molecule has 0 spiro atoms. The summed E-state index contributed by atoms with van der Waals surface area (Å²) in [5, 5.41) is 15.1. The number of allylic oxidation sites excluding steroid dienone is 2. The number of ether oxygens (including phenoxy) is 1. The van der Waals surface area contributed by atoms with E-state index in [1.165, 1.54) is 11.0 Å². The molecule has 11 heteroatoms. The van der Waals surface area contributed by atoms with Gasteiger partial charge in [0.2, 0.25) is 11.8 Å². The van der Waals surface area contributed by atoms with Crippen molar-refractivity contribution in [2.45, 2.75) is 30.7 Å². The molecule has 2 heterocycles. The van der Waals surface area contributed by atoms with E-state index in [-0.39, 0.29) is 42.0 Å². The van der Waals surface area contributed by atoms with Crippen LogP contribution >= 0.6 is 23.2 Å². The van der Waals surface area contributed by atoms with E-state index in [9.17, 15) is 14.7 Å². The number of rotatable bonds is 7. The highest BCUT2D eigenvalue weighted by molar-refractivity contribution is 6.36. The van der Waals surface area contributed by atoms with Gasteiger partial charge in [-0.2, -0.15) is 5.01 Å². The lowest BCUT2D eigenvalue weighted by Crippen LogP contribution is -2.53. The largest absolute Gasteiger partial charge is 0.508 e. The first-order chi connectivity index (χ1) is 26.6. The molecule has 9 nitrogen and oxygen atoms in total. The number of hydrazine groups is 1. The summed E-state index contributed by atoms with van der Waals surface area (Å²) in [4.78, 5) is 60.7. The molecule has 0 radical (unpaired) electrons. The van der Waals surface area contributed by atoms with Gasteiger partial charge in [-0.1, -0.05) is 108 Å². The Kier molecular flexibility index (Phi) is 8.47. The molecule has 1 saturated carbocycles. The van der Waals surface area contributed by atoms with E-state index in [2.05, 4.69) is 5.43 Å². The first-order valence-electron chi connectivity index (χ1n) is 18.2. The number of nitrogens with zero attached hydrogens (tertiary/aromatic N) is 2. The second kappa shape index (κ2) is 13.3. The standard InChI is InChI=1S/C44H35Cl2N3O6/c1-55-28-15-12-26(13-16-28)44-33(41(52)49(43(44)54)47-35-19-14-27(45)21-34(35)46)22-32-30(39(44)38-29-10-6-5-9-25(29)11-20-36(38)50)17-18-31-37(32)42(53)48(40(31)51)23-24-7-3-2-4-8-24/h2-17,19-21,31-33,37,39,47,50H,18,22-23H2,1H3/t31-,32+,33-,37-,39+,44+/m0/s1. The van der Waals surface area contributed by atoms with Gasteiger partial charge in [0.1, 0.15) is 11.5 Å². The Balaban J connectivity index is 1.27. The zero-order chi connectivity index (χ0) is 38.2. The highest BCUT2D eigenvalue weighted by atomic mass is 35.5. The third kappa shape index (κ3) is 5.28. The minimum atomic E-state index is -1.61. The molecule has 0 unspecified atom stereocenters. The van der Waals surface area contributed by atoms with Crippen molar-refractivity contribution in [3.8, 4) is 11.5 Å². The molecule has 5 aromatic rings. The summed E-state index contributed by atoms with van der Waals surface area (Å²) in [6, 6.07) is 32.2. The van der Waals surface area contributed by atoms with Gasteiger partial charge in [-0.15, -0.1) is 0 Å². The Morgan fingerprint density at radius 1 is 0.836 bits per heavy atom. The van der Waals surface area contributed by atoms with E-state index in [1.54, 1.807) is 49.6 Å². The number of methoxy groups -OCH3 is 1. The maximum Gasteiger partial charge on any atom is 0.260 e. The number of carbonyl (C=O) groups is 4. The van der Waals surface area contributed by atoms with Crippen molar-refractivity contribution < 1.29 is 29.0 Å². The molecule has 276 valence electrons. The highest BCUT2D eigenvalue weighted by Gasteiger charge is 2.70. The van der Waals surface area contributed by atoms with Crippen molar-refractivity contribution in [2.24, 2.45) is 23.7 Å². The second-order valence-electron chi connectivity index (χ2n) is 14.7. The van der Waals surface area contributed by atoms with Crippen molar-refractivity contribution in [3.63, 3.8) is 0 Å². The number of phenols is 1. The lowest BCUT2D eigenvalue weighted by atomic mass is 9.48.